The molecule has 0 aliphatic rings. The minimum absolute atomic E-state index is 0.104. The van der Waals surface area contributed by atoms with E-state index in [9.17, 15) is 18.4 Å². The molecule has 24 heavy (non-hydrogen) atoms. The predicted octanol–water partition coefficient (Wildman–Crippen LogP) is 1.89. The molecule has 0 atom stereocenters. The van der Waals surface area contributed by atoms with Gasteiger partial charge in [-0.05, 0) is 24.3 Å². The number of rotatable bonds is 7. The van der Waals surface area contributed by atoms with E-state index in [-0.39, 0.29) is 31.2 Å². The molecule has 2 aromatic carbocycles. The Bertz CT molecular complexity index is 708. The molecule has 2 rings (SSSR count). The Hall–Kier alpha value is -2.96. The van der Waals surface area contributed by atoms with Crippen LogP contribution in [0.5, 0.6) is 5.75 Å². The molecule has 2 amide bonds. The van der Waals surface area contributed by atoms with Gasteiger partial charge in [-0.2, -0.15) is 0 Å². The van der Waals surface area contributed by atoms with E-state index in [0.717, 1.165) is 12.1 Å². The average molecular weight is 334 g/mol. The van der Waals surface area contributed by atoms with Crippen molar-refractivity contribution in [2.75, 3.05) is 19.7 Å². The normalized spacial score (nSPS) is 10.1. The van der Waals surface area contributed by atoms with Gasteiger partial charge < -0.3 is 15.4 Å². The molecule has 0 radical (unpaired) electrons. The van der Waals surface area contributed by atoms with E-state index in [2.05, 4.69) is 10.6 Å². The van der Waals surface area contributed by atoms with Crippen LogP contribution in [0, 0.1) is 11.6 Å². The zero-order chi connectivity index (χ0) is 17.4. The van der Waals surface area contributed by atoms with E-state index >= 15 is 0 Å². The van der Waals surface area contributed by atoms with Crippen molar-refractivity contribution in [3.63, 3.8) is 0 Å². The van der Waals surface area contributed by atoms with Gasteiger partial charge in [0.1, 0.15) is 17.4 Å². The van der Waals surface area contributed by atoms with Crippen molar-refractivity contribution < 1.29 is 23.1 Å². The van der Waals surface area contributed by atoms with E-state index in [4.69, 9.17) is 4.74 Å². The van der Waals surface area contributed by atoms with Crippen molar-refractivity contribution in [1.82, 2.24) is 10.6 Å². The second kappa shape index (κ2) is 8.61. The van der Waals surface area contributed by atoms with Gasteiger partial charge in [0.2, 0.25) is 0 Å². The SMILES string of the molecule is O=C(COc1ccccc1)NCCNC(=O)c1ccc(F)cc1F. The fourth-order valence-electron chi connectivity index (χ4n) is 1.86. The molecule has 0 aromatic heterocycles. The van der Waals surface area contributed by atoms with Crippen LogP contribution in [-0.4, -0.2) is 31.5 Å². The number of amides is 2. The number of halogens is 2. The standard InChI is InChI=1S/C17H16F2N2O3/c18-12-6-7-14(15(19)10-12)17(23)21-9-8-20-16(22)11-24-13-4-2-1-3-5-13/h1-7,10H,8-9,11H2,(H,20,22)(H,21,23). The topological polar surface area (TPSA) is 67.4 Å². The van der Waals surface area contributed by atoms with Gasteiger partial charge >= 0.3 is 0 Å². The van der Waals surface area contributed by atoms with Crippen LogP contribution in [-0.2, 0) is 4.79 Å². The van der Waals surface area contributed by atoms with Gasteiger partial charge in [-0.3, -0.25) is 9.59 Å². The first-order valence-corrected chi connectivity index (χ1v) is 7.24. The van der Waals surface area contributed by atoms with Crippen LogP contribution < -0.4 is 15.4 Å². The third kappa shape index (κ3) is 5.35. The number of benzene rings is 2. The van der Waals surface area contributed by atoms with Crippen LogP contribution in [0.25, 0.3) is 0 Å². The lowest BCUT2D eigenvalue weighted by atomic mass is 10.2. The fraction of sp³-hybridized carbons (Fsp3) is 0.176. The first-order chi connectivity index (χ1) is 11.6. The molecule has 0 bridgehead atoms. The molecule has 126 valence electrons. The number of para-hydroxylation sites is 1. The van der Waals surface area contributed by atoms with Crippen LogP contribution in [0.3, 0.4) is 0 Å². The molecule has 0 fully saturated rings. The van der Waals surface area contributed by atoms with Crippen molar-refractivity contribution in [2.24, 2.45) is 0 Å². The number of hydrogen-bond acceptors (Lipinski definition) is 3. The molecule has 7 heteroatoms. The van der Waals surface area contributed by atoms with Gasteiger partial charge in [0.15, 0.2) is 6.61 Å². The lowest BCUT2D eigenvalue weighted by Crippen LogP contribution is -2.37. The minimum atomic E-state index is -0.937. The summed E-state index contributed by atoms with van der Waals surface area (Å²) in [5.41, 5.74) is -0.255. The van der Waals surface area contributed by atoms with Crippen LogP contribution in [0.15, 0.2) is 48.5 Å². The van der Waals surface area contributed by atoms with Crippen LogP contribution in [0.2, 0.25) is 0 Å². The van der Waals surface area contributed by atoms with Gasteiger partial charge in [-0.1, -0.05) is 18.2 Å². The maximum Gasteiger partial charge on any atom is 0.258 e. The second-order valence-electron chi connectivity index (χ2n) is 4.83. The molecule has 0 unspecified atom stereocenters. The monoisotopic (exact) mass is 334 g/mol. The van der Waals surface area contributed by atoms with Crippen LogP contribution >= 0.6 is 0 Å². The lowest BCUT2D eigenvalue weighted by molar-refractivity contribution is -0.123. The molecule has 0 heterocycles. The first kappa shape index (κ1) is 17.4. The largest absolute Gasteiger partial charge is 0.484 e. The zero-order valence-electron chi connectivity index (χ0n) is 12.7. The number of nitrogens with one attached hydrogen (secondary N) is 2. The Morgan fingerprint density at radius 2 is 1.67 bits per heavy atom. The highest BCUT2D eigenvalue weighted by Gasteiger charge is 2.11. The predicted molar refractivity (Wildman–Crippen MR) is 83.6 cm³/mol. The van der Waals surface area contributed by atoms with E-state index in [1.807, 2.05) is 6.07 Å². The Labute approximate surface area is 137 Å². The summed E-state index contributed by atoms with van der Waals surface area (Å²) in [5.74, 6) is -2.14. The molecule has 0 spiro atoms. The van der Waals surface area contributed by atoms with Gasteiger partial charge in [0.25, 0.3) is 11.8 Å². The smallest absolute Gasteiger partial charge is 0.258 e. The van der Waals surface area contributed by atoms with Gasteiger partial charge in [0, 0.05) is 19.2 Å². The van der Waals surface area contributed by atoms with Crippen molar-refractivity contribution in [3.8, 4) is 5.75 Å². The van der Waals surface area contributed by atoms with E-state index in [1.54, 1.807) is 24.3 Å². The molecule has 0 saturated carbocycles. The van der Waals surface area contributed by atoms with Crippen molar-refractivity contribution in [3.05, 3.63) is 65.7 Å². The van der Waals surface area contributed by atoms with E-state index in [1.165, 1.54) is 0 Å². The number of carbonyl (C=O) groups excluding carboxylic acids is 2. The highest BCUT2D eigenvalue weighted by atomic mass is 19.1. The molecular weight excluding hydrogens is 318 g/mol. The quantitative estimate of drug-likeness (QED) is 0.760. The van der Waals surface area contributed by atoms with E-state index in [0.29, 0.717) is 11.8 Å². The molecular formula is C17H16F2N2O3. The summed E-state index contributed by atoms with van der Waals surface area (Å²) in [6.07, 6.45) is 0. The summed E-state index contributed by atoms with van der Waals surface area (Å²) < 4.78 is 31.4. The molecule has 5 nitrogen and oxygen atoms in total. The maximum atomic E-state index is 13.4. The average Bonchev–Trinajstić information content (AvgIpc) is 2.57. The third-order valence-corrected chi connectivity index (χ3v) is 3.02. The molecule has 2 N–H and O–H groups in total. The Morgan fingerprint density at radius 3 is 2.38 bits per heavy atom. The van der Waals surface area contributed by atoms with Gasteiger partial charge in [-0.15, -0.1) is 0 Å². The molecule has 0 aliphatic heterocycles. The highest BCUT2D eigenvalue weighted by molar-refractivity contribution is 5.94. The minimum Gasteiger partial charge on any atom is -0.484 e. The third-order valence-electron chi connectivity index (χ3n) is 3.02. The number of carbonyl (C=O) groups is 2. The maximum absolute atomic E-state index is 13.4. The Morgan fingerprint density at radius 1 is 0.958 bits per heavy atom. The van der Waals surface area contributed by atoms with Crippen molar-refractivity contribution >= 4 is 11.8 Å². The summed E-state index contributed by atoms with van der Waals surface area (Å²) in [6.45, 7) is 0.114. The summed E-state index contributed by atoms with van der Waals surface area (Å²) in [6, 6.07) is 11.6. The molecule has 2 aromatic rings. The Kier molecular flexibility index (Phi) is 6.24. The Balaban J connectivity index is 1.67. The van der Waals surface area contributed by atoms with Crippen LogP contribution in [0.1, 0.15) is 10.4 Å². The van der Waals surface area contributed by atoms with Crippen molar-refractivity contribution in [1.29, 1.82) is 0 Å². The summed E-state index contributed by atoms with van der Waals surface area (Å²) in [7, 11) is 0. The van der Waals surface area contributed by atoms with Crippen LogP contribution in [0.4, 0.5) is 8.78 Å². The van der Waals surface area contributed by atoms with Gasteiger partial charge in [-0.25, -0.2) is 8.78 Å². The first-order valence-electron chi connectivity index (χ1n) is 7.24. The lowest BCUT2D eigenvalue weighted by Gasteiger charge is -2.09. The number of ether oxygens (including phenoxy) is 1. The molecule has 0 aliphatic carbocycles. The molecule has 0 saturated heterocycles. The van der Waals surface area contributed by atoms with Crippen molar-refractivity contribution in [2.45, 2.75) is 0 Å². The summed E-state index contributed by atoms with van der Waals surface area (Å²) >= 11 is 0. The second-order valence-corrected chi connectivity index (χ2v) is 4.83. The van der Waals surface area contributed by atoms with Gasteiger partial charge in [0.05, 0.1) is 5.56 Å². The zero-order valence-corrected chi connectivity index (χ0v) is 12.7. The highest BCUT2D eigenvalue weighted by Crippen LogP contribution is 2.09. The fourth-order valence-corrected chi connectivity index (χ4v) is 1.86. The number of hydrogen-bond donors (Lipinski definition) is 2. The van der Waals surface area contributed by atoms with E-state index < -0.39 is 17.5 Å². The summed E-state index contributed by atoms with van der Waals surface area (Å²) in [5, 5.41) is 4.98. The summed E-state index contributed by atoms with van der Waals surface area (Å²) in [4.78, 5) is 23.3.